The largest absolute Gasteiger partial charge is 0.420 e. The van der Waals surface area contributed by atoms with Crippen LogP contribution in [0.3, 0.4) is 0 Å². The second kappa shape index (κ2) is 17.0. The van der Waals surface area contributed by atoms with Crippen molar-refractivity contribution in [3.05, 3.63) is 33.3 Å². The minimum atomic E-state index is -1.24. The van der Waals surface area contributed by atoms with Gasteiger partial charge in [0.25, 0.3) is 0 Å². The van der Waals surface area contributed by atoms with Crippen molar-refractivity contribution >= 4 is 32.2 Å². The van der Waals surface area contributed by atoms with Crippen LogP contribution in [0.1, 0.15) is 125 Å². The van der Waals surface area contributed by atoms with Gasteiger partial charge in [0.1, 0.15) is 5.78 Å². The van der Waals surface area contributed by atoms with Crippen molar-refractivity contribution in [2.45, 2.75) is 138 Å². The molecule has 0 saturated carbocycles. The summed E-state index contributed by atoms with van der Waals surface area (Å²) < 4.78 is 6.27. The van der Waals surface area contributed by atoms with Crippen molar-refractivity contribution in [3.63, 3.8) is 0 Å². The Kier molecular flexibility index (Phi) is 15.7. The van der Waals surface area contributed by atoms with Gasteiger partial charge >= 0.3 is 0 Å². The molecule has 0 saturated heterocycles. The Morgan fingerprint density at radius 2 is 1.79 bits per heavy atom. The number of nitrogens with zero attached hydrogens (tertiary/aromatic N) is 1. The van der Waals surface area contributed by atoms with Crippen molar-refractivity contribution in [3.8, 4) is 0 Å². The maximum absolute atomic E-state index is 13.3. The number of carbonyl (C=O) groups excluding carboxylic acids is 1. The molecule has 1 rings (SSSR count). The number of Topliss-reactive ketones (excluding diaryl/α,β-unsaturated/α-hetero) is 1. The second-order valence-electron chi connectivity index (χ2n) is 13.5. The lowest BCUT2D eigenvalue weighted by molar-refractivity contribution is -0.136. The number of hydrogen-bond acceptors (Lipinski definition) is 5. The zero-order chi connectivity index (χ0) is 29.8. The van der Waals surface area contributed by atoms with E-state index in [1.165, 1.54) is 11.1 Å². The van der Waals surface area contributed by atoms with Gasteiger partial charge in [0.2, 0.25) is 0 Å². The molecule has 1 heterocycles. The number of aryl methyl sites for hydroxylation is 1. The molecule has 4 atom stereocenters. The lowest BCUT2D eigenvalue weighted by Gasteiger charge is -2.32. The highest BCUT2D eigenvalue weighted by atomic mass is 32.1. The number of hydrogen-bond donors (Lipinski definition) is 1. The number of aromatic nitrogens is 1. The Bertz CT molecular complexity index is 928. The molecule has 0 aromatic carbocycles. The summed E-state index contributed by atoms with van der Waals surface area (Å²) in [5.74, 6) is -0.0730. The summed E-state index contributed by atoms with van der Waals surface area (Å²) >= 11 is 1.69. The zero-order valence-corrected chi connectivity index (χ0v) is 29.0. The van der Waals surface area contributed by atoms with Crippen molar-refractivity contribution in [2.75, 3.05) is 6.61 Å². The van der Waals surface area contributed by atoms with E-state index in [1.54, 1.807) is 11.3 Å². The summed E-state index contributed by atoms with van der Waals surface area (Å²) in [5, 5.41) is 14.5. The number of aliphatic hydroxyl groups is 1. The van der Waals surface area contributed by atoms with E-state index in [9.17, 15) is 9.90 Å². The first-order valence-electron chi connectivity index (χ1n) is 15.2. The number of thiazole rings is 1. The third-order valence-electron chi connectivity index (χ3n) is 8.07. The molecule has 0 aliphatic heterocycles. The van der Waals surface area contributed by atoms with Gasteiger partial charge in [-0.1, -0.05) is 72.6 Å². The predicted octanol–water partition coefficient (Wildman–Crippen LogP) is 9.32. The molecule has 0 aliphatic rings. The van der Waals surface area contributed by atoms with E-state index < -0.39 is 20.6 Å². The van der Waals surface area contributed by atoms with Gasteiger partial charge in [-0.05, 0) is 88.8 Å². The average molecular weight is 578 g/mol. The third-order valence-corrected chi connectivity index (χ3v) is 12.2. The molecule has 6 heteroatoms. The van der Waals surface area contributed by atoms with E-state index in [0.29, 0.717) is 0 Å². The number of ketones is 1. The lowest BCUT2D eigenvalue weighted by Crippen LogP contribution is -2.39. The quantitative estimate of drug-likeness (QED) is 0.107. The highest BCUT2D eigenvalue weighted by Gasteiger charge is 2.36. The van der Waals surface area contributed by atoms with E-state index in [-0.39, 0.29) is 22.7 Å². The fourth-order valence-electron chi connectivity index (χ4n) is 5.40. The van der Waals surface area contributed by atoms with E-state index in [2.05, 4.69) is 71.0 Å². The van der Waals surface area contributed by atoms with Gasteiger partial charge in [0, 0.05) is 23.3 Å². The van der Waals surface area contributed by atoms with Crippen molar-refractivity contribution in [1.82, 2.24) is 4.98 Å². The first-order valence-corrected chi connectivity index (χ1v) is 17.9. The first kappa shape index (κ1) is 35.9. The summed E-state index contributed by atoms with van der Waals surface area (Å²) in [6.07, 6.45) is 10.7. The SMILES string of the molecule is CC[SiH](OCCCC(C)(C)C(=O)[C@H](C)[C@@H](O)[C@H](C)CCC/C(C)=C/CC/C(C)=C/c1csc(C)n1)C(C)(C)C. The standard InChI is InChI=1S/C33H59NO3SSi/c1-12-39(32(7,8)9)37-21-15-20-33(10,11)31(36)27(5)30(35)26(4)19-14-17-24(2)16-13-18-25(3)22-29-23-38-28(6)34-29/h16,22-23,26-27,30,35,39H,12-15,17-21H2,1-11H3/b24-16+,25-22+/t26-,27-,30+,39?/m1/s1. The molecule has 0 fully saturated rings. The first-order chi connectivity index (χ1) is 18.1. The highest BCUT2D eigenvalue weighted by molar-refractivity contribution is 7.09. The Labute approximate surface area is 246 Å². The van der Waals surface area contributed by atoms with Gasteiger partial charge in [-0.2, -0.15) is 0 Å². The molecule has 1 unspecified atom stereocenters. The van der Waals surface area contributed by atoms with Crippen molar-refractivity contribution in [2.24, 2.45) is 17.3 Å². The molecule has 0 spiro atoms. The smallest absolute Gasteiger partial charge is 0.181 e. The number of allylic oxidation sites excluding steroid dienone is 3. The fraction of sp³-hybridized carbons (Fsp3) is 0.758. The Morgan fingerprint density at radius 3 is 2.36 bits per heavy atom. The number of carbonyl (C=O) groups is 1. The maximum atomic E-state index is 13.3. The van der Waals surface area contributed by atoms with Crippen LogP contribution >= 0.6 is 11.3 Å². The van der Waals surface area contributed by atoms with Crippen LogP contribution in [0, 0.1) is 24.2 Å². The zero-order valence-electron chi connectivity index (χ0n) is 27.0. The predicted molar refractivity (Wildman–Crippen MR) is 173 cm³/mol. The van der Waals surface area contributed by atoms with Crippen LogP contribution in [0.15, 0.2) is 22.6 Å². The van der Waals surface area contributed by atoms with Crippen LogP contribution in [0.4, 0.5) is 0 Å². The third kappa shape index (κ3) is 13.4. The van der Waals surface area contributed by atoms with Crippen LogP contribution in [0.2, 0.25) is 11.1 Å². The van der Waals surface area contributed by atoms with Gasteiger partial charge in [-0.15, -0.1) is 11.3 Å². The van der Waals surface area contributed by atoms with E-state index in [0.717, 1.165) is 68.3 Å². The minimum absolute atomic E-state index is 0.103. The Balaban J connectivity index is 2.43. The van der Waals surface area contributed by atoms with E-state index in [4.69, 9.17) is 4.43 Å². The molecule has 4 nitrogen and oxygen atoms in total. The van der Waals surface area contributed by atoms with Crippen LogP contribution in [-0.2, 0) is 9.22 Å². The molecular formula is C33H59NO3SSi. The minimum Gasteiger partial charge on any atom is -0.420 e. The maximum Gasteiger partial charge on any atom is 0.181 e. The summed E-state index contributed by atoms with van der Waals surface area (Å²) in [6.45, 7) is 24.3. The fourth-order valence-corrected chi connectivity index (χ4v) is 8.38. The summed E-state index contributed by atoms with van der Waals surface area (Å²) in [7, 11) is -1.24. The monoisotopic (exact) mass is 577 g/mol. The summed E-state index contributed by atoms with van der Waals surface area (Å²) in [6, 6.07) is 1.13. The normalized spacial score (nSPS) is 16.7. The van der Waals surface area contributed by atoms with Crippen LogP contribution in [-0.4, -0.2) is 37.6 Å². The van der Waals surface area contributed by atoms with Gasteiger partial charge in [0.15, 0.2) is 9.04 Å². The molecule has 0 amide bonds. The Hall–Kier alpha value is -1.08. The highest BCUT2D eigenvalue weighted by Crippen LogP contribution is 2.33. The number of rotatable bonds is 18. The molecule has 1 aromatic rings. The van der Waals surface area contributed by atoms with Gasteiger partial charge in [0.05, 0.1) is 16.8 Å². The van der Waals surface area contributed by atoms with Gasteiger partial charge in [-0.25, -0.2) is 4.98 Å². The van der Waals surface area contributed by atoms with Crippen molar-refractivity contribution < 1.29 is 14.3 Å². The van der Waals surface area contributed by atoms with Gasteiger partial charge < -0.3 is 9.53 Å². The van der Waals surface area contributed by atoms with Gasteiger partial charge in [-0.3, -0.25) is 4.79 Å². The van der Waals surface area contributed by atoms with E-state index in [1.807, 2.05) is 27.7 Å². The molecule has 1 aromatic heterocycles. The van der Waals surface area contributed by atoms with Crippen LogP contribution < -0.4 is 0 Å². The van der Waals surface area contributed by atoms with Crippen LogP contribution in [0.25, 0.3) is 6.08 Å². The lowest BCUT2D eigenvalue weighted by atomic mass is 9.74. The van der Waals surface area contributed by atoms with Crippen LogP contribution in [0.5, 0.6) is 0 Å². The molecule has 0 bridgehead atoms. The molecule has 224 valence electrons. The molecule has 39 heavy (non-hydrogen) atoms. The topological polar surface area (TPSA) is 59.4 Å². The molecular weight excluding hydrogens is 519 g/mol. The average Bonchev–Trinajstić information content (AvgIpc) is 3.25. The number of aliphatic hydroxyl groups excluding tert-OH is 1. The van der Waals surface area contributed by atoms with Crippen molar-refractivity contribution in [1.29, 1.82) is 0 Å². The molecule has 0 aliphatic carbocycles. The summed E-state index contributed by atoms with van der Waals surface area (Å²) in [4.78, 5) is 17.8. The van der Waals surface area contributed by atoms with E-state index >= 15 is 0 Å². The Morgan fingerprint density at radius 1 is 1.13 bits per heavy atom. The second-order valence-corrected chi connectivity index (χ2v) is 18.4. The molecule has 1 N–H and O–H groups in total. The molecule has 0 radical (unpaired) electrons. The summed E-state index contributed by atoms with van der Waals surface area (Å²) in [5.41, 5.74) is 3.38.